The summed E-state index contributed by atoms with van der Waals surface area (Å²) < 4.78 is 0. The molecule has 18 heavy (non-hydrogen) atoms. The third kappa shape index (κ3) is 2.22. The van der Waals surface area contributed by atoms with E-state index in [2.05, 4.69) is 10.6 Å². The molecule has 102 valence electrons. The summed E-state index contributed by atoms with van der Waals surface area (Å²) in [5, 5.41) is 6.14. The van der Waals surface area contributed by atoms with Gasteiger partial charge in [-0.1, -0.05) is 0 Å². The zero-order valence-electron chi connectivity index (χ0n) is 11.2. The standard InChI is InChI=1S/C14H25N3O/c1-8(7-15)16-14(18)17-13-11-3-9-2-10(5-11)6-12(13)4-9/h8-13H,2-7,15H2,1H3,(H2,16,17,18). The van der Waals surface area contributed by atoms with Crippen LogP contribution in [0.4, 0.5) is 4.79 Å². The molecule has 4 aliphatic carbocycles. The number of nitrogens with one attached hydrogen (secondary N) is 2. The fraction of sp³-hybridized carbons (Fsp3) is 0.929. The summed E-state index contributed by atoms with van der Waals surface area (Å²) in [5.41, 5.74) is 5.53. The van der Waals surface area contributed by atoms with Crippen molar-refractivity contribution in [3.8, 4) is 0 Å². The van der Waals surface area contributed by atoms with E-state index < -0.39 is 0 Å². The lowest BCUT2D eigenvalue weighted by Gasteiger charge is -2.54. The van der Waals surface area contributed by atoms with Gasteiger partial charge >= 0.3 is 6.03 Å². The van der Waals surface area contributed by atoms with Gasteiger partial charge in [0.1, 0.15) is 0 Å². The quantitative estimate of drug-likeness (QED) is 0.711. The highest BCUT2D eigenvalue weighted by atomic mass is 16.2. The number of rotatable bonds is 3. The largest absolute Gasteiger partial charge is 0.335 e. The van der Waals surface area contributed by atoms with Crippen LogP contribution in [0.5, 0.6) is 0 Å². The van der Waals surface area contributed by atoms with Gasteiger partial charge < -0.3 is 16.4 Å². The number of carbonyl (C=O) groups excluding carboxylic acids is 1. The maximum Gasteiger partial charge on any atom is 0.315 e. The van der Waals surface area contributed by atoms with Crippen LogP contribution in [0.1, 0.15) is 39.0 Å². The van der Waals surface area contributed by atoms with Crippen LogP contribution < -0.4 is 16.4 Å². The SMILES string of the molecule is CC(CN)NC(=O)NC1C2CC3CC(C2)CC1C3. The van der Waals surface area contributed by atoms with E-state index >= 15 is 0 Å². The van der Waals surface area contributed by atoms with E-state index in [9.17, 15) is 4.79 Å². The Hall–Kier alpha value is -0.770. The van der Waals surface area contributed by atoms with Crippen molar-refractivity contribution in [1.29, 1.82) is 0 Å². The van der Waals surface area contributed by atoms with Crippen molar-refractivity contribution >= 4 is 6.03 Å². The van der Waals surface area contributed by atoms with Gasteiger partial charge in [-0.2, -0.15) is 0 Å². The number of hydrogen-bond donors (Lipinski definition) is 3. The van der Waals surface area contributed by atoms with Crippen LogP contribution in [0.15, 0.2) is 0 Å². The van der Waals surface area contributed by atoms with Crippen molar-refractivity contribution in [3.05, 3.63) is 0 Å². The molecule has 2 amide bonds. The Morgan fingerprint density at radius 1 is 1.17 bits per heavy atom. The first-order valence-corrected chi connectivity index (χ1v) is 7.42. The van der Waals surface area contributed by atoms with Crippen LogP contribution in [-0.2, 0) is 0 Å². The molecule has 4 saturated carbocycles. The molecule has 1 unspecified atom stereocenters. The van der Waals surface area contributed by atoms with Crippen molar-refractivity contribution in [2.75, 3.05) is 6.54 Å². The minimum absolute atomic E-state index is 0.0228. The van der Waals surface area contributed by atoms with E-state index in [1.54, 1.807) is 0 Å². The summed E-state index contributed by atoms with van der Waals surface area (Å²) in [6, 6.07) is 0.454. The molecule has 0 radical (unpaired) electrons. The summed E-state index contributed by atoms with van der Waals surface area (Å²) in [5.74, 6) is 3.38. The minimum atomic E-state index is -0.0228. The monoisotopic (exact) mass is 251 g/mol. The molecule has 0 aromatic rings. The van der Waals surface area contributed by atoms with Crippen molar-refractivity contribution < 1.29 is 4.79 Å². The number of amides is 2. The van der Waals surface area contributed by atoms with Crippen LogP contribution in [0.3, 0.4) is 0 Å². The van der Waals surface area contributed by atoms with Crippen LogP contribution in [0, 0.1) is 23.7 Å². The normalized spacial score (nSPS) is 42.7. The molecule has 0 aliphatic heterocycles. The van der Waals surface area contributed by atoms with Crippen molar-refractivity contribution in [3.63, 3.8) is 0 Å². The van der Waals surface area contributed by atoms with Crippen LogP contribution >= 0.6 is 0 Å². The van der Waals surface area contributed by atoms with E-state index in [0.29, 0.717) is 12.6 Å². The minimum Gasteiger partial charge on any atom is -0.335 e. The fourth-order valence-corrected chi connectivity index (χ4v) is 4.64. The van der Waals surface area contributed by atoms with E-state index in [4.69, 9.17) is 5.73 Å². The summed E-state index contributed by atoms with van der Waals surface area (Å²) in [6.45, 7) is 2.44. The highest BCUT2D eigenvalue weighted by Crippen LogP contribution is 2.53. The first-order chi connectivity index (χ1) is 8.65. The first-order valence-electron chi connectivity index (χ1n) is 7.42. The molecule has 4 rings (SSSR count). The third-order valence-electron chi connectivity index (χ3n) is 5.26. The smallest absolute Gasteiger partial charge is 0.315 e. The highest BCUT2D eigenvalue weighted by Gasteiger charge is 2.48. The average Bonchev–Trinajstić information content (AvgIpc) is 2.32. The highest BCUT2D eigenvalue weighted by molar-refractivity contribution is 5.74. The Morgan fingerprint density at radius 2 is 1.72 bits per heavy atom. The average molecular weight is 251 g/mol. The lowest BCUT2D eigenvalue weighted by molar-refractivity contribution is -0.00949. The maximum absolute atomic E-state index is 11.9. The van der Waals surface area contributed by atoms with E-state index in [1.165, 1.54) is 32.1 Å². The molecule has 0 heterocycles. The topological polar surface area (TPSA) is 67.1 Å². The van der Waals surface area contributed by atoms with Gasteiger partial charge in [0.05, 0.1) is 0 Å². The molecule has 4 nitrogen and oxygen atoms in total. The van der Waals surface area contributed by atoms with E-state index in [0.717, 1.165) is 23.7 Å². The van der Waals surface area contributed by atoms with Gasteiger partial charge in [0.15, 0.2) is 0 Å². The molecule has 4 N–H and O–H groups in total. The number of nitrogens with two attached hydrogens (primary N) is 1. The molecular formula is C14H25N3O. The van der Waals surface area contributed by atoms with Gasteiger partial charge in [0.2, 0.25) is 0 Å². The molecule has 4 aliphatic rings. The van der Waals surface area contributed by atoms with Gasteiger partial charge in [0.25, 0.3) is 0 Å². The molecule has 0 spiro atoms. The molecular weight excluding hydrogens is 226 g/mol. The zero-order valence-corrected chi connectivity index (χ0v) is 11.2. The van der Waals surface area contributed by atoms with E-state index in [-0.39, 0.29) is 12.1 Å². The second-order valence-electron chi connectivity index (χ2n) is 6.71. The Bertz CT molecular complexity index is 303. The molecule has 1 atom stereocenters. The van der Waals surface area contributed by atoms with Gasteiger partial charge in [-0.05, 0) is 62.7 Å². The summed E-state index contributed by atoms with van der Waals surface area (Å²) in [7, 11) is 0. The predicted octanol–water partition coefficient (Wildman–Crippen LogP) is 1.46. The third-order valence-corrected chi connectivity index (χ3v) is 5.26. The van der Waals surface area contributed by atoms with Gasteiger partial charge in [0, 0.05) is 18.6 Å². The number of hydrogen-bond acceptors (Lipinski definition) is 2. The Morgan fingerprint density at radius 3 is 2.22 bits per heavy atom. The lowest BCUT2D eigenvalue weighted by atomic mass is 9.54. The first kappa shape index (κ1) is 12.3. The second kappa shape index (κ2) is 4.72. The predicted molar refractivity (Wildman–Crippen MR) is 71.0 cm³/mol. The second-order valence-corrected chi connectivity index (χ2v) is 6.71. The zero-order chi connectivity index (χ0) is 12.7. The van der Waals surface area contributed by atoms with Crippen LogP contribution in [0.25, 0.3) is 0 Å². The summed E-state index contributed by atoms with van der Waals surface area (Å²) in [6.07, 6.45) is 6.81. The Balaban J connectivity index is 1.58. The molecule has 4 heteroatoms. The Kier molecular flexibility index (Phi) is 3.22. The summed E-state index contributed by atoms with van der Waals surface area (Å²) >= 11 is 0. The molecule has 0 aromatic heterocycles. The number of carbonyl (C=O) groups is 1. The van der Waals surface area contributed by atoms with Crippen molar-refractivity contribution in [2.24, 2.45) is 29.4 Å². The van der Waals surface area contributed by atoms with Crippen LogP contribution in [0.2, 0.25) is 0 Å². The van der Waals surface area contributed by atoms with Crippen molar-refractivity contribution in [2.45, 2.75) is 51.1 Å². The molecule has 4 bridgehead atoms. The molecule has 4 fully saturated rings. The summed E-state index contributed by atoms with van der Waals surface area (Å²) in [4.78, 5) is 11.9. The molecule has 0 aromatic carbocycles. The van der Waals surface area contributed by atoms with Crippen molar-refractivity contribution in [1.82, 2.24) is 10.6 Å². The fourth-order valence-electron chi connectivity index (χ4n) is 4.64. The Labute approximate surface area is 109 Å². The molecule has 0 saturated heterocycles. The van der Waals surface area contributed by atoms with Gasteiger partial charge in [-0.15, -0.1) is 0 Å². The van der Waals surface area contributed by atoms with Gasteiger partial charge in [-0.3, -0.25) is 0 Å². The number of urea groups is 1. The lowest BCUT2D eigenvalue weighted by Crippen LogP contribution is -2.58. The maximum atomic E-state index is 11.9. The van der Waals surface area contributed by atoms with Gasteiger partial charge in [-0.25, -0.2) is 4.79 Å². The van der Waals surface area contributed by atoms with Crippen LogP contribution in [-0.4, -0.2) is 24.7 Å². The van der Waals surface area contributed by atoms with E-state index in [1.807, 2.05) is 6.92 Å².